The van der Waals surface area contributed by atoms with Crippen LogP contribution in [0.3, 0.4) is 0 Å². The Balaban J connectivity index is 1.93. The van der Waals surface area contributed by atoms with Crippen LogP contribution in [0.1, 0.15) is 27.2 Å². The lowest BCUT2D eigenvalue weighted by Crippen LogP contribution is -2.47. The predicted molar refractivity (Wildman–Crippen MR) is 75.7 cm³/mol. The quantitative estimate of drug-likeness (QED) is 0.785. The molecule has 0 spiro atoms. The highest BCUT2D eigenvalue weighted by Crippen LogP contribution is 2.21. The third-order valence-electron chi connectivity index (χ3n) is 3.30. The zero-order chi connectivity index (χ0) is 15.5. The molecule has 1 saturated heterocycles. The number of rotatable bonds is 4. The molecule has 1 atom stereocenters. The molecule has 1 unspecified atom stereocenters. The molecule has 1 aliphatic rings. The van der Waals surface area contributed by atoms with Crippen molar-refractivity contribution < 1.29 is 19.1 Å². The number of aromatic nitrogens is 1. The molecular weight excluding hydrogens is 272 g/mol. The molecule has 2 rings (SSSR count). The van der Waals surface area contributed by atoms with Crippen LogP contribution in [0.15, 0.2) is 24.5 Å². The fourth-order valence-corrected chi connectivity index (χ4v) is 2.40. The number of hydrogen-bond acceptors (Lipinski definition) is 5. The second-order valence-corrected chi connectivity index (χ2v) is 5.57. The molecule has 1 aromatic heterocycles. The SMILES string of the molecule is CC(=O)OC(C)(C)C(=O)N1CCC(Oc2ccncc2)C1. The Hall–Kier alpha value is -2.11. The van der Waals surface area contributed by atoms with E-state index in [4.69, 9.17) is 9.47 Å². The lowest BCUT2D eigenvalue weighted by atomic mass is 10.1. The molecule has 0 saturated carbocycles. The monoisotopic (exact) mass is 292 g/mol. The summed E-state index contributed by atoms with van der Waals surface area (Å²) in [7, 11) is 0. The standard InChI is InChI=1S/C15H20N2O4/c1-11(18)21-15(2,3)14(19)17-9-6-13(10-17)20-12-4-7-16-8-5-12/h4-5,7-8,13H,6,9-10H2,1-3H3. The van der Waals surface area contributed by atoms with E-state index in [9.17, 15) is 9.59 Å². The summed E-state index contributed by atoms with van der Waals surface area (Å²) in [5.74, 6) is 0.0826. The Bertz CT molecular complexity index is 516. The number of nitrogens with zero attached hydrogens (tertiary/aromatic N) is 2. The molecule has 0 N–H and O–H groups in total. The van der Waals surface area contributed by atoms with Gasteiger partial charge in [0.15, 0.2) is 5.60 Å². The maximum Gasteiger partial charge on any atom is 0.303 e. The largest absolute Gasteiger partial charge is 0.488 e. The van der Waals surface area contributed by atoms with Gasteiger partial charge in [-0.05, 0) is 26.0 Å². The zero-order valence-electron chi connectivity index (χ0n) is 12.5. The summed E-state index contributed by atoms with van der Waals surface area (Å²) in [6.07, 6.45) is 4.03. The molecule has 0 aromatic carbocycles. The summed E-state index contributed by atoms with van der Waals surface area (Å²) in [5, 5.41) is 0. The maximum atomic E-state index is 12.4. The van der Waals surface area contributed by atoms with Crippen LogP contribution in [0.25, 0.3) is 0 Å². The van der Waals surface area contributed by atoms with Crippen molar-refractivity contribution in [2.24, 2.45) is 0 Å². The number of carbonyl (C=O) groups excluding carboxylic acids is 2. The normalized spacial score (nSPS) is 18.4. The van der Waals surface area contributed by atoms with E-state index in [2.05, 4.69) is 4.98 Å². The van der Waals surface area contributed by atoms with Crippen molar-refractivity contribution in [3.63, 3.8) is 0 Å². The second kappa shape index (κ2) is 6.11. The van der Waals surface area contributed by atoms with Crippen molar-refractivity contribution in [1.82, 2.24) is 9.88 Å². The predicted octanol–water partition coefficient (Wildman–Crippen LogP) is 1.40. The van der Waals surface area contributed by atoms with Gasteiger partial charge < -0.3 is 14.4 Å². The van der Waals surface area contributed by atoms with Gasteiger partial charge in [-0.2, -0.15) is 0 Å². The molecular formula is C15H20N2O4. The summed E-state index contributed by atoms with van der Waals surface area (Å²) in [6, 6.07) is 3.57. The molecule has 0 aliphatic carbocycles. The average Bonchev–Trinajstić information content (AvgIpc) is 2.86. The highest BCUT2D eigenvalue weighted by Gasteiger charge is 2.38. The highest BCUT2D eigenvalue weighted by atomic mass is 16.6. The maximum absolute atomic E-state index is 12.4. The Morgan fingerprint density at radius 2 is 2.00 bits per heavy atom. The van der Waals surface area contributed by atoms with E-state index in [0.29, 0.717) is 13.1 Å². The van der Waals surface area contributed by atoms with Gasteiger partial charge in [-0.3, -0.25) is 14.6 Å². The van der Waals surface area contributed by atoms with Gasteiger partial charge in [0.05, 0.1) is 6.54 Å². The molecule has 114 valence electrons. The Kier molecular flexibility index (Phi) is 4.45. The first-order valence-corrected chi connectivity index (χ1v) is 6.94. The lowest BCUT2D eigenvalue weighted by molar-refractivity contribution is -0.168. The summed E-state index contributed by atoms with van der Waals surface area (Å²) >= 11 is 0. The summed E-state index contributed by atoms with van der Waals surface area (Å²) in [6.45, 7) is 5.60. The van der Waals surface area contributed by atoms with Gasteiger partial charge in [-0.25, -0.2) is 0 Å². The molecule has 21 heavy (non-hydrogen) atoms. The first-order chi connectivity index (χ1) is 9.88. The molecule has 1 aromatic rings. The first-order valence-electron chi connectivity index (χ1n) is 6.94. The number of carbonyl (C=O) groups is 2. The molecule has 0 bridgehead atoms. The van der Waals surface area contributed by atoms with E-state index in [-0.39, 0.29) is 12.0 Å². The van der Waals surface area contributed by atoms with Gasteiger partial charge in [0.1, 0.15) is 11.9 Å². The van der Waals surface area contributed by atoms with Crippen LogP contribution in [0.5, 0.6) is 5.75 Å². The number of hydrogen-bond donors (Lipinski definition) is 0. The van der Waals surface area contributed by atoms with E-state index >= 15 is 0 Å². The smallest absolute Gasteiger partial charge is 0.303 e. The number of likely N-dealkylation sites (tertiary alicyclic amines) is 1. The van der Waals surface area contributed by atoms with E-state index in [1.54, 1.807) is 43.3 Å². The fourth-order valence-electron chi connectivity index (χ4n) is 2.40. The number of esters is 1. The van der Waals surface area contributed by atoms with Crippen LogP contribution >= 0.6 is 0 Å². The van der Waals surface area contributed by atoms with Crippen LogP contribution in [-0.2, 0) is 14.3 Å². The van der Waals surface area contributed by atoms with Crippen molar-refractivity contribution in [2.45, 2.75) is 38.9 Å². The minimum Gasteiger partial charge on any atom is -0.488 e. The number of amides is 1. The third kappa shape index (κ3) is 3.93. The van der Waals surface area contributed by atoms with Crippen molar-refractivity contribution in [1.29, 1.82) is 0 Å². The Morgan fingerprint density at radius 3 is 2.62 bits per heavy atom. The van der Waals surface area contributed by atoms with Crippen LogP contribution in [0.4, 0.5) is 0 Å². The van der Waals surface area contributed by atoms with E-state index in [0.717, 1.165) is 12.2 Å². The lowest BCUT2D eigenvalue weighted by Gasteiger charge is -2.28. The van der Waals surface area contributed by atoms with Gasteiger partial charge >= 0.3 is 5.97 Å². The number of pyridine rings is 1. The van der Waals surface area contributed by atoms with Crippen LogP contribution < -0.4 is 4.74 Å². The second-order valence-electron chi connectivity index (χ2n) is 5.57. The molecule has 1 aliphatic heterocycles. The van der Waals surface area contributed by atoms with Gasteiger partial charge in [0.25, 0.3) is 5.91 Å². The Labute approximate surface area is 124 Å². The topological polar surface area (TPSA) is 68.7 Å². The summed E-state index contributed by atoms with van der Waals surface area (Å²) in [5.41, 5.74) is -1.14. The first kappa shape index (κ1) is 15.3. The zero-order valence-corrected chi connectivity index (χ0v) is 12.5. The van der Waals surface area contributed by atoms with Gasteiger partial charge in [0, 0.05) is 32.3 Å². The van der Waals surface area contributed by atoms with Crippen LogP contribution in [-0.4, -0.2) is 46.6 Å². The molecule has 1 amide bonds. The van der Waals surface area contributed by atoms with Gasteiger partial charge in [-0.1, -0.05) is 0 Å². The molecule has 6 nitrogen and oxygen atoms in total. The van der Waals surface area contributed by atoms with Crippen molar-refractivity contribution in [3.05, 3.63) is 24.5 Å². The summed E-state index contributed by atoms with van der Waals surface area (Å²) in [4.78, 5) is 29.0. The van der Waals surface area contributed by atoms with Crippen molar-refractivity contribution in [2.75, 3.05) is 13.1 Å². The summed E-state index contributed by atoms with van der Waals surface area (Å²) < 4.78 is 10.9. The van der Waals surface area contributed by atoms with E-state index in [1.165, 1.54) is 6.92 Å². The molecule has 6 heteroatoms. The Morgan fingerprint density at radius 1 is 1.33 bits per heavy atom. The molecule has 2 heterocycles. The van der Waals surface area contributed by atoms with Crippen LogP contribution in [0.2, 0.25) is 0 Å². The van der Waals surface area contributed by atoms with Crippen molar-refractivity contribution >= 4 is 11.9 Å². The highest BCUT2D eigenvalue weighted by molar-refractivity contribution is 5.87. The minimum atomic E-state index is -1.14. The fraction of sp³-hybridized carbons (Fsp3) is 0.533. The molecule has 1 fully saturated rings. The van der Waals surface area contributed by atoms with E-state index < -0.39 is 11.6 Å². The van der Waals surface area contributed by atoms with Gasteiger partial charge in [0.2, 0.25) is 0 Å². The van der Waals surface area contributed by atoms with E-state index in [1.807, 2.05) is 0 Å². The molecule has 0 radical (unpaired) electrons. The van der Waals surface area contributed by atoms with Gasteiger partial charge in [-0.15, -0.1) is 0 Å². The van der Waals surface area contributed by atoms with Crippen molar-refractivity contribution in [3.8, 4) is 5.75 Å². The van der Waals surface area contributed by atoms with Crippen LogP contribution in [0, 0.1) is 0 Å². The average molecular weight is 292 g/mol. The third-order valence-corrected chi connectivity index (χ3v) is 3.30. The number of ether oxygens (including phenoxy) is 2. The minimum absolute atomic E-state index is 0.0514.